The second-order valence-corrected chi connectivity index (χ2v) is 7.07. The summed E-state index contributed by atoms with van der Waals surface area (Å²) < 4.78 is -0.533. The Kier molecular flexibility index (Phi) is 4.13. The van der Waals surface area contributed by atoms with Crippen LogP contribution in [0.1, 0.15) is 31.7 Å². The zero-order valence-corrected chi connectivity index (χ0v) is 13.8. The Morgan fingerprint density at radius 3 is 2.42 bits per heavy atom. The predicted octanol–water partition coefficient (Wildman–Crippen LogP) is 2.32. The van der Waals surface area contributed by atoms with E-state index in [1.807, 2.05) is 30.3 Å². The van der Waals surface area contributed by atoms with Crippen molar-refractivity contribution in [3.8, 4) is 0 Å². The number of quaternary nitrogens is 1. The van der Waals surface area contributed by atoms with E-state index in [-0.39, 0.29) is 31.3 Å². The predicted molar refractivity (Wildman–Crippen MR) is 86.2 cm³/mol. The maximum absolute atomic E-state index is 12.4. The molecule has 1 saturated carbocycles. The van der Waals surface area contributed by atoms with Crippen molar-refractivity contribution >= 4 is 12.1 Å². The Morgan fingerprint density at radius 1 is 1.21 bits per heavy atom. The zero-order valence-electron chi connectivity index (χ0n) is 13.8. The van der Waals surface area contributed by atoms with Crippen LogP contribution in [0.4, 0.5) is 4.79 Å². The van der Waals surface area contributed by atoms with Gasteiger partial charge in [0.1, 0.15) is 6.54 Å². The third-order valence-corrected chi connectivity index (χ3v) is 6.26. The Morgan fingerprint density at radius 2 is 1.88 bits per heavy atom. The van der Waals surface area contributed by atoms with Crippen LogP contribution in [-0.4, -0.2) is 50.1 Å². The molecule has 0 radical (unpaired) electrons. The number of fused-ring (bicyclic) bond motifs is 1. The summed E-state index contributed by atoms with van der Waals surface area (Å²) in [5, 5.41) is 30.5. The first-order chi connectivity index (χ1) is 11.4. The molecular weight excluding hydrogens is 310 g/mol. The number of hydrogen-bond acceptors (Lipinski definition) is 3. The van der Waals surface area contributed by atoms with Crippen LogP contribution in [0, 0.1) is 11.8 Å². The minimum absolute atomic E-state index is 0.121. The topological polar surface area (TPSA) is 94.8 Å². The lowest BCUT2D eigenvalue weighted by Crippen LogP contribution is -2.68. The van der Waals surface area contributed by atoms with E-state index in [1.165, 1.54) is 0 Å². The summed E-state index contributed by atoms with van der Waals surface area (Å²) in [4.78, 5) is 24.7. The molecule has 1 heterocycles. The van der Waals surface area contributed by atoms with E-state index in [0.717, 1.165) is 5.56 Å². The summed E-state index contributed by atoms with van der Waals surface area (Å²) in [5.41, 5.74) is -0.600. The highest BCUT2D eigenvalue weighted by atomic mass is 16.4. The molecule has 1 aliphatic carbocycles. The Bertz CT molecular complexity index is 648. The van der Waals surface area contributed by atoms with Crippen molar-refractivity contribution in [2.45, 2.75) is 44.4 Å². The van der Waals surface area contributed by atoms with Gasteiger partial charge in [-0.3, -0.25) is 0 Å². The molecule has 1 amide bonds. The fourth-order valence-electron chi connectivity index (χ4n) is 5.20. The van der Waals surface area contributed by atoms with Gasteiger partial charge in [0.2, 0.25) is 5.54 Å². The molecule has 6 heteroatoms. The number of nitrogens with zero attached hydrogens (tertiary/aromatic N) is 1. The molecule has 3 rings (SSSR count). The van der Waals surface area contributed by atoms with Gasteiger partial charge >= 0.3 is 12.1 Å². The summed E-state index contributed by atoms with van der Waals surface area (Å²) in [6.07, 6.45) is -0.390. The van der Waals surface area contributed by atoms with Gasteiger partial charge in [-0.1, -0.05) is 37.3 Å². The highest BCUT2D eigenvalue weighted by Crippen LogP contribution is 2.55. The number of aliphatic hydroxyl groups excluding tert-OH is 1. The first-order valence-corrected chi connectivity index (χ1v) is 8.45. The number of amides is 1. The molecule has 1 aromatic rings. The van der Waals surface area contributed by atoms with E-state index >= 15 is 0 Å². The number of benzene rings is 1. The van der Waals surface area contributed by atoms with E-state index < -0.39 is 28.2 Å². The number of carbonyl (C=O) groups is 2. The zero-order chi connectivity index (χ0) is 17.5. The number of carboxylic acids is 1. The van der Waals surface area contributed by atoms with Crippen molar-refractivity contribution in [1.29, 1.82) is 0 Å². The van der Waals surface area contributed by atoms with Crippen LogP contribution < -0.4 is 0 Å². The summed E-state index contributed by atoms with van der Waals surface area (Å²) in [7, 11) is 0. The van der Waals surface area contributed by atoms with Gasteiger partial charge in [-0.15, -0.1) is 0 Å². The monoisotopic (exact) mass is 334 g/mol. The Hall–Kier alpha value is -1.92. The van der Waals surface area contributed by atoms with Gasteiger partial charge in [-0.2, -0.15) is 4.79 Å². The van der Waals surface area contributed by atoms with Gasteiger partial charge in [-0.05, 0) is 12.8 Å². The normalized spacial score (nSPS) is 38.0. The van der Waals surface area contributed by atoms with E-state index in [2.05, 4.69) is 0 Å². The smallest absolute Gasteiger partial charge is 0.477 e. The molecule has 2 unspecified atom stereocenters. The van der Waals surface area contributed by atoms with Crippen LogP contribution in [-0.2, 0) is 11.3 Å². The molecule has 130 valence electrons. The summed E-state index contributed by atoms with van der Waals surface area (Å²) in [6, 6.07) is 9.16. The SMILES string of the molecule is CC[C@@]1(C(=O)O)[C@H]2CCC(O)[C@H]2C[N+]1(Cc1ccccc1)C(=O)O. The minimum Gasteiger partial charge on any atom is -0.477 e. The summed E-state index contributed by atoms with van der Waals surface area (Å²) in [5.74, 6) is -1.65. The van der Waals surface area contributed by atoms with Crippen molar-refractivity contribution in [2.24, 2.45) is 11.8 Å². The van der Waals surface area contributed by atoms with Gasteiger partial charge in [0.15, 0.2) is 0 Å². The fraction of sp³-hybridized carbons (Fsp3) is 0.556. The van der Waals surface area contributed by atoms with Gasteiger partial charge in [0.05, 0.1) is 12.6 Å². The van der Waals surface area contributed by atoms with Crippen LogP contribution in [0.25, 0.3) is 0 Å². The van der Waals surface area contributed by atoms with Crippen molar-refractivity contribution in [3.63, 3.8) is 0 Å². The molecular formula is C18H24NO5+. The summed E-state index contributed by atoms with van der Waals surface area (Å²) in [6.45, 7) is 2.04. The van der Waals surface area contributed by atoms with Gasteiger partial charge in [0, 0.05) is 23.8 Å². The van der Waals surface area contributed by atoms with Crippen molar-refractivity contribution in [1.82, 2.24) is 0 Å². The quantitative estimate of drug-likeness (QED) is 0.735. The molecule has 1 aliphatic heterocycles. The largest absolute Gasteiger partial charge is 0.514 e. The highest BCUT2D eigenvalue weighted by molar-refractivity contribution is 5.81. The molecule has 2 aliphatic rings. The first kappa shape index (κ1) is 16.9. The van der Waals surface area contributed by atoms with Crippen molar-refractivity contribution < 1.29 is 29.4 Å². The Balaban J connectivity index is 2.15. The van der Waals surface area contributed by atoms with Gasteiger partial charge < -0.3 is 15.3 Å². The molecule has 0 aromatic heterocycles. The fourth-order valence-corrected chi connectivity index (χ4v) is 5.20. The van der Waals surface area contributed by atoms with Crippen LogP contribution in [0.5, 0.6) is 0 Å². The standard InChI is InChI=1S/C18H23NO5/c1-2-18(16(21)22)14-8-9-15(20)13(14)11-19(18,17(23)24)10-12-6-4-3-5-7-12/h3-7,13-15,20H,2,8-11H2,1H3,(H-,21,22,23,24)/p+1/t13-,14-,15?,18-,19?/m0/s1. The highest BCUT2D eigenvalue weighted by Gasteiger charge is 2.74. The average molecular weight is 334 g/mol. The first-order valence-electron chi connectivity index (χ1n) is 8.45. The number of aliphatic carboxylic acids is 1. The summed E-state index contributed by atoms with van der Waals surface area (Å²) >= 11 is 0. The van der Waals surface area contributed by atoms with E-state index in [4.69, 9.17) is 0 Å². The molecule has 24 heavy (non-hydrogen) atoms. The maximum Gasteiger partial charge on any atom is 0.514 e. The van der Waals surface area contributed by atoms with E-state index in [0.29, 0.717) is 12.8 Å². The van der Waals surface area contributed by atoms with Crippen LogP contribution in [0.3, 0.4) is 0 Å². The van der Waals surface area contributed by atoms with Crippen LogP contribution >= 0.6 is 0 Å². The van der Waals surface area contributed by atoms with Crippen LogP contribution in [0.15, 0.2) is 30.3 Å². The molecule has 1 saturated heterocycles. The molecule has 6 nitrogen and oxygen atoms in total. The second kappa shape index (κ2) is 5.86. The number of likely N-dealkylation sites (tertiary alicyclic amines) is 1. The molecule has 2 fully saturated rings. The lowest BCUT2D eigenvalue weighted by molar-refractivity contribution is -0.903. The molecule has 3 N–H and O–H groups in total. The Labute approximate surface area is 140 Å². The number of hydrogen-bond donors (Lipinski definition) is 3. The van der Waals surface area contributed by atoms with Crippen molar-refractivity contribution in [2.75, 3.05) is 6.54 Å². The number of rotatable bonds is 4. The molecule has 1 aromatic carbocycles. The van der Waals surface area contributed by atoms with E-state index in [9.17, 15) is 24.9 Å². The molecule has 0 bridgehead atoms. The molecule has 0 spiro atoms. The van der Waals surface area contributed by atoms with Gasteiger partial charge in [-0.25, -0.2) is 9.28 Å². The minimum atomic E-state index is -1.40. The number of aliphatic hydroxyl groups is 1. The molecule has 5 atom stereocenters. The lowest BCUT2D eigenvalue weighted by Gasteiger charge is -2.43. The maximum atomic E-state index is 12.4. The van der Waals surface area contributed by atoms with Crippen LogP contribution in [0.2, 0.25) is 0 Å². The third-order valence-electron chi connectivity index (χ3n) is 6.26. The lowest BCUT2D eigenvalue weighted by atomic mass is 9.78. The van der Waals surface area contributed by atoms with Crippen molar-refractivity contribution in [3.05, 3.63) is 35.9 Å². The number of carboxylic acid groups (broad SMARTS) is 2. The van der Waals surface area contributed by atoms with E-state index in [1.54, 1.807) is 6.92 Å². The average Bonchev–Trinajstić information content (AvgIpc) is 3.04. The van der Waals surface area contributed by atoms with Gasteiger partial charge in [0.25, 0.3) is 0 Å². The second-order valence-electron chi connectivity index (χ2n) is 7.07. The third kappa shape index (κ3) is 2.09.